The Kier molecular flexibility index (Phi) is 4.97. The maximum Gasteiger partial charge on any atom is 0.333 e. The van der Waals surface area contributed by atoms with Crippen molar-refractivity contribution in [2.45, 2.75) is 47.2 Å². The predicted octanol–water partition coefficient (Wildman–Crippen LogP) is 0.591. The fourth-order valence-corrected chi connectivity index (χ4v) is 3.21. The molecule has 0 aliphatic heterocycles. The Morgan fingerprint density at radius 3 is 2.36 bits per heavy atom. The van der Waals surface area contributed by atoms with E-state index in [1.807, 2.05) is 27.7 Å². The van der Waals surface area contributed by atoms with Gasteiger partial charge in [-0.2, -0.15) is 10.1 Å². The van der Waals surface area contributed by atoms with Crippen LogP contribution < -0.4 is 11.2 Å². The molecule has 0 unspecified atom stereocenters. The molecule has 0 N–H and O–H groups in total. The van der Waals surface area contributed by atoms with Gasteiger partial charge in [-0.15, -0.1) is 0 Å². The van der Waals surface area contributed by atoms with Gasteiger partial charge in [0.25, 0.3) is 5.56 Å². The Bertz CT molecular complexity index is 1190. The molecule has 150 valence electrons. The Hall–Kier alpha value is -3.17. The molecule has 0 fully saturated rings. The summed E-state index contributed by atoms with van der Waals surface area (Å²) in [6.07, 6.45) is 0.746. The van der Waals surface area contributed by atoms with Crippen LogP contribution in [0.1, 0.15) is 30.3 Å². The van der Waals surface area contributed by atoms with E-state index in [0.717, 1.165) is 27.9 Å². The number of hydrogen-bond acceptors (Lipinski definition) is 6. The third-order valence-corrected chi connectivity index (χ3v) is 5.02. The average molecular weight is 388 g/mol. The summed E-state index contributed by atoms with van der Waals surface area (Å²) < 4.78 is 10.2. The zero-order valence-electron chi connectivity index (χ0n) is 16.9. The molecule has 10 nitrogen and oxygen atoms in total. The number of imidazole rings is 1. The molecule has 0 saturated carbocycles. The largest absolute Gasteiger partial charge is 0.468 e. The second-order valence-electron chi connectivity index (χ2n) is 6.75. The van der Waals surface area contributed by atoms with Gasteiger partial charge in [-0.3, -0.25) is 14.2 Å². The minimum atomic E-state index is -0.672. The van der Waals surface area contributed by atoms with Gasteiger partial charge in [0.15, 0.2) is 11.2 Å². The summed E-state index contributed by atoms with van der Waals surface area (Å²) in [6.45, 7) is 7.85. The van der Waals surface area contributed by atoms with E-state index >= 15 is 0 Å². The first-order valence-electron chi connectivity index (χ1n) is 9.02. The smallest absolute Gasteiger partial charge is 0.333 e. The van der Waals surface area contributed by atoms with E-state index in [1.54, 1.807) is 9.25 Å². The van der Waals surface area contributed by atoms with Gasteiger partial charge < -0.3 is 9.30 Å². The molecule has 0 atom stereocenters. The predicted molar refractivity (Wildman–Crippen MR) is 103 cm³/mol. The lowest BCUT2D eigenvalue weighted by atomic mass is 10.2. The van der Waals surface area contributed by atoms with Crippen molar-refractivity contribution in [2.24, 2.45) is 7.05 Å². The Morgan fingerprint density at radius 2 is 1.82 bits per heavy atom. The maximum atomic E-state index is 13.1. The van der Waals surface area contributed by atoms with Crippen LogP contribution in [0.25, 0.3) is 17.1 Å². The van der Waals surface area contributed by atoms with Crippen molar-refractivity contribution in [3.05, 3.63) is 37.8 Å². The lowest BCUT2D eigenvalue weighted by molar-refractivity contribution is -0.141. The number of carbonyl (C=O) groups excluding carboxylic acids is 1. The van der Waals surface area contributed by atoms with Crippen LogP contribution in [0.5, 0.6) is 0 Å². The summed E-state index contributed by atoms with van der Waals surface area (Å²) >= 11 is 0. The van der Waals surface area contributed by atoms with Crippen molar-refractivity contribution < 1.29 is 9.53 Å². The van der Waals surface area contributed by atoms with Gasteiger partial charge in [0.05, 0.1) is 12.8 Å². The molecule has 0 spiro atoms. The second-order valence-corrected chi connectivity index (χ2v) is 6.75. The summed E-state index contributed by atoms with van der Waals surface area (Å²) in [5.74, 6) is -0.206. The van der Waals surface area contributed by atoms with E-state index in [1.165, 1.54) is 18.7 Å². The number of nitrogens with zero attached hydrogens (tertiary/aromatic N) is 6. The second kappa shape index (κ2) is 7.10. The topological polar surface area (TPSA) is 106 Å². The van der Waals surface area contributed by atoms with E-state index in [9.17, 15) is 14.4 Å². The van der Waals surface area contributed by atoms with Gasteiger partial charge in [0, 0.05) is 19.3 Å². The first-order chi connectivity index (χ1) is 13.2. The molecule has 10 heteroatoms. The number of carbonyl (C=O) groups is 1. The van der Waals surface area contributed by atoms with Crippen molar-refractivity contribution in [1.82, 2.24) is 28.5 Å². The molecule has 3 heterocycles. The maximum absolute atomic E-state index is 13.1. The third-order valence-electron chi connectivity index (χ3n) is 5.02. The normalized spacial score (nSPS) is 11.4. The van der Waals surface area contributed by atoms with Crippen molar-refractivity contribution in [3.8, 4) is 5.95 Å². The van der Waals surface area contributed by atoms with E-state index in [2.05, 4.69) is 14.8 Å². The zero-order chi connectivity index (χ0) is 20.7. The lowest BCUT2D eigenvalue weighted by Crippen LogP contribution is -2.41. The summed E-state index contributed by atoms with van der Waals surface area (Å²) in [6, 6.07) is 0. The van der Waals surface area contributed by atoms with Gasteiger partial charge in [0.1, 0.15) is 6.54 Å². The molecule has 28 heavy (non-hydrogen) atoms. The zero-order valence-corrected chi connectivity index (χ0v) is 16.9. The number of aryl methyl sites for hydroxylation is 3. The van der Waals surface area contributed by atoms with E-state index in [-0.39, 0.29) is 11.2 Å². The number of fused-ring (bicyclic) bond motifs is 1. The van der Waals surface area contributed by atoms with Crippen LogP contribution in [0, 0.1) is 20.8 Å². The van der Waals surface area contributed by atoms with Crippen LogP contribution in [0.3, 0.4) is 0 Å². The Labute approximate surface area is 161 Å². The highest BCUT2D eigenvalue weighted by Crippen LogP contribution is 2.20. The summed E-state index contributed by atoms with van der Waals surface area (Å²) in [4.78, 5) is 42.0. The number of ether oxygens (including phenoxy) is 1. The molecule has 0 amide bonds. The lowest BCUT2D eigenvalue weighted by Gasteiger charge is -2.10. The Morgan fingerprint density at radius 1 is 1.14 bits per heavy atom. The number of aromatic nitrogens is 6. The molecule has 0 radical (unpaired) electrons. The van der Waals surface area contributed by atoms with Gasteiger partial charge in [-0.25, -0.2) is 14.0 Å². The van der Waals surface area contributed by atoms with E-state index in [4.69, 9.17) is 0 Å². The van der Waals surface area contributed by atoms with Crippen molar-refractivity contribution >= 4 is 17.1 Å². The van der Waals surface area contributed by atoms with Gasteiger partial charge in [-0.1, -0.05) is 6.92 Å². The summed E-state index contributed by atoms with van der Waals surface area (Å²) in [5, 5.41) is 4.55. The van der Waals surface area contributed by atoms with Crippen LogP contribution in [-0.4, -0.2) is 41.5 Å². The van der Waals surface area contributed by atoms with Crippen LogP contribution in [0.15, 0.2) is 9.59 Å². The van der Waals surface area contributed by atoms with Gasteiger partial charge >= 0.3 is 11.7 Å². The molecule has 0 aromatic carbocycles. The minimum Gasteiger partial charge on any atom is -0.468 e. The van der Waals surface area contributed by atoms with Crippen LogP contribution in [-0.2, 0) is 29.7 Å². The molecule has 0 aliphatic carbocycles. The highest BCUT2D eigenvalue weighted by molar-refractivity contribution is 5.74. The summed E-state index contributed by atoms with van der Waals surface area (Å²) in [7, 11) is 2.73. The van der Waals surface area contributed by atoms with Crippen molar-refractivity contribution in [2.75, 3.05) is 7.11 Å². The molecule has 0 bridgehead atoms. The first kappa shape index (κ1) is 19.6. The van der Waals surface area contributed by atoms with Gasteiger partial charge in [0.2, 0.25) is 5.95 Å². The quantitative estimate of drug-likeness (QED) is 0.592. The third kappa shape index (κ3) is 2.85. The van der Waals surface area contributed by atoms with Crippen molar-refractivity contribution in [1.29, 1.82) is 0 Å². The SMILES string of the molecule is CCCn1c(-n2nc(C)c(C)c2C)nc2c1c(=O)n(CC(=O)OC)c(=O)n2C. The monoisotopic (exact) mass is 388 g/mol. The first-order valence-corrected chi connectivity index (χ1v) is 9.02. The van der Waals surface area contributed by atoms with Crippen LogP contribution in [0.4, 0.5) is 0 Å². The number of rotatable bonds is 5. The summed E-state index contributed by atoms with van der Waals surface area (Å²) in [5.41, 5.74) is 2.12. The van der Waals surface area contributed by atoms with Crippen molar-refractivity contribution in [3.63, 3.8) is 0 Å². The fraction of sp³-hybridized carbons (Fsp3) is 0.500. The highest BCUT2D eigenvalue weighted by Gasteiger charge is 2.23. The molecular formula is C18H24N6O4. The fourth-order valence-electron chi connectivity index (χ4n) is 3.21. The molecule has 0 aliphatic rings. The Balaban J connectivity index is 2.41. The standard InChI is InChI=1S/C18H24N6O4/c1-7-8-22-14-15(19-17(22)24-12(4)10(2)11(3)20-24)21(5)18(27)23(16(14)26)9-13(25)28-6/h7-9H2,1-6H3. The van der Waals surface area contributed by atoms with E-state index < -0.39 is 23.8 Å². The number of esters is 1. The van der Waals surface area contributed by atoms with Crippen LogP contribution in [0.2, 0.25) is 0 Å². The highest BCUT2D eigenvalue weighted by atomic mass is 16.5. The van der Waals surface area contributed by atoms with Crippen LogP contribution >= 0.6 is 0 Å². The molecule has 3 aromatic heterocycles. The molecule has 0 saturated heterocycles. The average Bonchev–Trinajstić information content (AvgIpc) is 3.16. The minimum absolute atomic E-state index is 0.254. The molecule has 3 aromatic rings. The molecule has 3 rings (SSSR count). The number of methoxy groups -OCH3 is 1. The molecular weight excluding hydrogens is 364 g/mol. The van der Waals surface area contributed by atoms with Gasteiger partial charge in [-0.05, 0) is 32.8 Å². The number of hydrogen-bond donors (Lipinski definition) is 0. The van der Waals surface area contributed by atoms with E-state index in [0.29, 0.717) is 12.5 Å².